The summed E-state index contributed by atoms with van der Waals surface area (Å²) < 4.78 is 0.578. The molecule has 102 valence electrons. The third-order valence-corrected chi connectivity index (χ3v) is 1.53. The van der Waals surface area contributed by atoms with Crippen molar-refractivity contribution in [2.24, 2.45) is 0 Å². The van der Waals surface area contributed by atoms with E-state index in [1.807, 2.05) is 21.1 Å². The summed E-state index contributed by atoms with van der Waals surface area (Å²) >= 11 is 0. The summed E-state index contributed by atoms with van der Waals surface area (Å²) in [4.78, 5) is 19.6. The molecule has 0 spiro atoms. The van der Waals surface area contributed by atoms with E-state index in [1.165, 1.54) is 6.92 Å². The van der Waals surface area contributed by atoms with Crippen molar-refractivity contribution in [2.75, 3.05) is 27.7 Å². The molecular formula is C10H22NO6+. The standard InChI is InChI=1S/C7H15NO3.C3H6O3/c1-8(2,3)5-6(9)4-7(10)11;1-2(4)3(5)6/h6,9H,4-5H2,1-3H3;2,4H,1H3,(H,5,6)/p+1. The molecule has 2 atom stereocenters. The second-order valence-electron chi connectivity index (χ2n) is 4.74. The van der Waals surface area contributed by atoms with E-state index >= 15 is 0 Å². The third kappa shape index (κ3) is 17.4. The molecule has 17 heavy (non-hydrogen) atoms. The van der Waals surface area contributed by atoms with Crippen molar-refractivity contribution in [1.29, 1.82) is 0 Å². The molecule has 0 amide bonds. The topological polar surface area (TPSA) is 115 Å². The lowest BCUT2D eigenvalue weighted by atomic mass is 10.2. The summed E-state index contributed by atoms with van der Waals surface area (Å²) in [6.07, 6.45) is -2.15. The quantitative estimate of drug-likeness (QED) is 0.466. The fourth-order valence-electron chi connectivity index (χ4n) is 0.898. The van der Waals surface area contributed by atoms with Crippen molar-refractivity contribution in [3.8, 4) is 0 Å². The average molecular weight is 252 g/mol. The van der Waals surface area contributed by atoms with Gasteiger partial charge in [-0.05, 0) is 6.92 Å². The summed E-state index contributed by atoms with van der Waals surface area (Å²) in [6, 6.07) is 0. The minimum atomic E-state index is -1.23. The second-order valence-corrected chi connectivity index (χ2v) is 4.74. The van der Waals surface area contributed by atoms with Crippen LogP contribution in [0, 0.1) is 0 Å². The maximum Gasteiger partial charge on any atom is 0.332 e. The Morgan fingerprint density at radius 3 is 1.65 bits per heavy atom. The van der Waals surface area contributed by atoms with Crippen LogP contribution in [0.15, 0.2) is 0 Å². The zero-order chi connectivity index (χ0) is 14.2. The van der Waals surface area contributed by atoms with Crippen LogP contribution >= 0.6 is 0 Å². The average Bonchev–Trinajstić information content (AvgIpc) is 1.98. The molecule has 2 unspecified atom stereocenters. The molecule has 0 heterocycles. The predicted octanol–water partition coefficient (Wildman–Crippen LogP) is -1.02. The van der Waals surface area contributed by atoms with Gasteiger partial charge in [0.05, 0.1) is 27.6 Å². The van der Waals surface area contributed by atoms with Crippen LogP contribution in [0.3, 0.4) is 0 Å². The number of carbonyl (C=O) groups is 2. The molecule has 0 saturated carbocycles. The van der Waals surface area contributed by atoms with Gasteiger partial charge in [0.15, 0.2) is 0 Å². The molecule has 7 heteroatoms. The SMILES string of the molecule is CC(O)C(=O)O.C[N+](C)(C)CC(O)CC(=O)O. The van der Waals surface area contributed by atoms with E-state index in [4.69, 9.17) is 20.4 Å². The zero-order valence-electron chi connectivity index (χ0n) is 10.6. The fraction of sp³-hybridized carbons (Fsp3) is 0.800. The van der Waals surface area contributed by atoms with Crippen molar-refractivity contribution in [3.05, 3.63) is 0 Å². The number of carboxylic acid groups (broad SMARTS) is 2. The van der Waals surface area contributed by atoms with Crippen molar-refractivity contribution in [2.45, 2.75) is 25.6 Å². The van der Waals surface area contributed by atoms with Crippen LogP contribution in [0.4, 0.5) is 0 Å². The van der Waals surface area contributed by atoms with Gasteiger partial charge in [-0.2, -0.15) is 0 Å². The van der Waals surface area contributed by atoms with Crippen LogP contribution in [-0.4, -0.2) is 76.7 Å². The molecule has 0 bridgehead atoms. The number of rotatable bonds is 5. The highest BCUT2D eigenvalue weighted by atomic mass is 16.4. The summed E-state index contributed by atoms with van der Waals surface area (Å²) in [5.41, 5.74) is 0. The highest BCUT2D eigenvalue weighted by Crippen LogP contribution is 1.98. The van der Waals surface area contributed by atoms with Crippen molar-refractivity contribution >= 4 is 11.9 Å². The number of nitrogens with zero attached hydrogens (tertiary/aromatic N) is 1. The summed E-state index contributed by atoms with van der Waals surface area (Å²) in [6.45, 7) is 1.66. The first kappa shape index (κ1) is 18.2. The number of hydrogen-bond donors (Lipinski definition) is 4. The van der Waals surface area contributed by atoms with Crippen LogP contribution < -0.4 is 0 Å². The number of likely N-dealkylation sites (N-methyl/N-ethyl adjacent to an activating group) is 1. The van der Waals surface area contributed by atoms with Crippen LogP contribution in [-0.2, 0) is 9.59 Å². The highest BCUT2D eigenvalue weighted by Gasteiger charge is 2.17. The maximum atomic E-state index is 10.1. The minimum absolute atomic E-state index is 0.171. The van der Waals surface area contributed by atoms with Gasteiger partial charge < -0.3 is 24.9 Å². The zero-order valence-corrected chi connectivity index (χ0v) is 10.6. The van der Waals surface area contributed by atoms with E-state index < -0.39 is 24.1 Å². The lowest BCUT2D eigenvalue weighted by Gasteiger charge is -2.25. The smallest absolute Gasteiger partial charge is 0.332 e. The van der Waals surface area contributed by atoms with Gasteiger partial charge in [-0.15, -0.1) is 0 Å². The Bertz CT molecular complexity index is 246. The number of hydrogen-bond acceptors (Lipinski definition) is 4. The normalized spacial score (nSPS) is 14.2. The molecule has 0 saturated heterocycles. The van der Waals surface area contributed by atoms with E-state index in [-0.39, 0.29) is 6.42 Å². The van der Waals surface area contributed by atoms with Gasteiger partial charge in [-0.25, -0.2) is 4.79 Å². The second kappa shape index (κ2) is 7.99. The third-order valence-electron chi connectivity index (χ3n) is 1.53. The number of aliphatic hydroxyl groups is 2. The van der Waals surface area contributed by atoms with Gasteiger partial charge in [0.2, 0.25) is 0 Å². The number of aliphatic hydroxyl groups excluding tert-OH is 2. The minimum Gasteiger partial charge on any atom is -0.481 e. The van der Waals surface area contributed by atoms with Crippen molar-refractivity contribution < 1.29 is 34.5 Å². The lowest BCUT2D eigenvalue weighted by molar-refractivity contribution is -0.873. The molecule has 0 aromatic heterocycles. The van der Waals surface area contributed by atoms with Gasteiger partial charge >= 0.3 is 11.9 Å². The van der Waals surface area contributed by atoms with Crippen molar-refractivity contribution in [1.82, 2.24) is 0 Å². The summed E-state index contributed by atoms with van der Waals surface area (Å²) in [7, 11) is 5.72. The summed E-state index contributed by atoms with van der Waals surface area (Å²) in [5, 5.41) is 33.2. The Kier molecular flexibility index (Phi) is 8.55. The Morgan fingerprint density at radius 1 is 1.12 bits per heavy atom. The molecule has 0 aromatic rings. The van der Waals surface area contributed by atoms with E-state index in [0.717, 1.165) is 0 Å². The Labute approximate surface area is 100 Å². The molecule has 0 aliphatic heterocycles. The Hall–Kier alpha value is -1.18. The molecule has 0 radical (unpaired) electrons. The first-order chi connectivity index (χ1) is 7.45. The lowest BCUT2D eigenvalue weighted by Crippen LogP contribution is -2.42. The van der Waals surface area contributed by atoms with Crippen LogP contribution in [0.5, 0.6) is 0 Å². The first-order valence-electron chi connectivity index (χ1n) is 5.07. The van der Waals surface area contributed by atoms with Crippen LogP contribution in [0.1, 0.15) is 13.3 Å². The number of aliphatic carboxylic acids is 2. The Balaban J connectivity index is 0. The van der Waals surface area contributed by atoms with E-state index in [0.29, 0.717) is 11.0 Å². The molecule has 0 aliphatic carbocycles. The fourth-order valence-corrected chi connectivity index (χ4v) is 0.898. The molecule has 0 rings (SSSR count). The molecule has 7 nitrogen and oxygen atoms in total. The van der Waals surface area contributed by atoms with Gasteiger partial charge in [-0.1, -0.05) is 0 Å². The van der Waals surface area contributed by atoms with Gasteiger partial charge in [0, 0.05) is 0 Å². The first-order valence-corrected chi connectivity index (χ1v) is 5.07. The van der Waals surface area contributed by atoms with E-state index in [1.54, 1.807) is 0 Å². The predicted molar refractivity (Wildman–Crippen MR) is 60.5 cm³/mol. The van der Waals surface area contributed by atoms with Gasteiger partial charge in [0.1, 0.15) is 18.8 Å². The number of carboxylic acids is 2. The van der Waals surface area contributed by atoms with Gasteiger partial charge in [0.25, 0.3) is 0 Å². The molecular weight excluding hydrogens is 230 g/mol. The molecule has 0 fully saturated rings. The largest absolute Gasteiger partial charge is 0.481 e. The summed E-state index contributed by atoms with van der Waals surface area (Å²) in [5.74, 6) is -2.14. The van der Waals surface area contributed by atoms with E-state index in [2.05, 4.69) is 0 Å². The van der Waals surface area contributed by atoms with E-state index in [9.17, 15) is 9.59 Å². The number of quaternary nitrogens is 1. The highest BCUT2D eigenvalue weighted by molar-refractivity contribution is 5.71. The maximum absolute atomic E-state index is 10.1. The monoisotopic (exact) mass is 252 g/mol. The Morgan fingerprint density at radius 2 is 1.47 bits per heavy atom. The van der Waals surface area contributed by atoms with Crippen LogP contribution in [0.25, 0.3) is 0 Å². The molecule has 4 N–H and O–H groups in total. The molecule has 0 aromatic carbocycles. The molecule has 0 aliphatic rings. The van der Waals surface area contributed by atoms with Crippen molar-refractivity contribution in [3.63, 3.8) is 0 Å². The van der Waals surface area contributed by atoms with Gasteiger partial charge in [-0.3, -0.25) is 4.79 Å². The van der Waals surface area contributed by atoms with Crippen LogP contribution in [0.2, 0.25) is 0 Å².